The largest absolute Gasteiger partial charge is 0.345 e. The van der Waals surface area contributed by atoms with E-state index in [9.17, 15) is 9.18 Å². The van der Waals surface area contributed by atoms with Gasteiger partial charge in [-0.1, -0.05) is 72.3 Å². The molecule has 0 radical (unpaired) electrons. The SMILES string of the molecule is CC(NC(=O)c1c(F)cccc1Cl)c1ccc(-c2ccccc2)cc1. The molecule has 0 aliphatic heterocycles. The molecule has 0 bridgehead atoms. The molecule has 1 atom stereocenters. The molecule has 1 N–H and O–H groups in total. The molecule has 0 spiro atoms. The fourth-order valence-electron chi connectivity index (χ4n) is 2.66. The second kappa shape index (κ2) is 7.49. The number of hydrogen-bond acceptors (Lipinski definition) is 1. The Balaban J connectivity index is 1.75. The molecule has 1 unspecified atom stereocenters. The molecule has 3 aromatic carbocycles. The maximum atomic E-state index is 13.8. The van der Waals surface area contributed by atoms with Crippen LogP contribution < -0.4 is 5.32 Å². The van der Waals surface area contributed by atoms with Crippen LogP contribution in [0, 0.1) is 5.82 Å². The van der Waals surface area contributed by atoms with Gasteiger partial charge >= 0.3 is 0 Å². The summed E-state index contributed by atoms with van der Waals surface area (Å²) in [6, 6.07) is 21.9. The molecule has 0 saturated carbocycles. The molecule has 0 aromatic heterocycles. The molecule has 126 valence electrons. The minimum Gasteiger partial charge on any atom is -0.345 e. The number of carbonyl (C=O) groups is 1. The third-order valence-electron chi connectivity index (χ3n) is 4.06. The predicted octanol–water partition coefficient (Wildman–Crippen LogP) is 5.64. The van der Waals surface area contributed by atoms with E-state index in [4.69, 9.17) is 11.6 Å². The number of rotatable bonds is 4. The molecule has 0 aliphatic carbocycles. The van der Waals surface area contributed by atoms with Crippen LogP contribution in [0.5, 0.6) is 0 Å². The van der Waals surface area contributed by atoms with Gasteiger partial charge in [0.25, 0.3) is 5.91 Å². The third kappa shape index (κ3) is 3.89. The highest BCUT2D eigenvalue weighted by Crippen LogP contribution is 2.23. The lowest BCUT2D eigenvalue weighted by atomic mass is 10.0. The van der Waals surface area contributed by atoms with Crippen LogP contribution in [0.15, 0.2) is 72.8 Å². The average Bonchev–Trinajstić information content (AvgIpc) is 2.62. The monoisotopic (exact) mass is 353 g/mol. The predicted molar refractivity (Wildman–Crippen MR) is 99.2 cm³/mol. The fourth-order valence-corrected chi connectivity index (χ4v) is 2.91. The maximum Gasteiger partial charge on any atom is 0.256 e. The van der Waals surface area contributed by atoms with Crippen LogP contribution >= 0.6 is 11.6 Å². The summed E-state index contributed by atoms with van der Waals surface area (Å²) in [4.78, 5) is 12.3. The Hall–Kier alpha value is -2.65. The van der Waals surface area contributed by atoms with Crippen molar-refractivity contribution in [2.75, 3.05) is 0 Å². The number of amides is 1. The Labute approximate surface area is 151 Å². The topological polar surface area (TPSA) is 29.1 Å². The summed E-state index contributed by atoms with van der Waals surface area (Å²) in [7, 11) is 0. The summed E-state index contributed by atoms with van der Waals surface area (Å²) in [5, 5.41) is 2.89. The smallest absolute Gasteiger partial charge is 0.256 e. The number of nitrogens with one attached hydrogen (secondary N) is 1. The summed E-state index contributed by atoms with van der Waals surface area (Å²) in [5.41, 5.74) is 3.03. The lowest BCUT2D eigenvalue weighted by Crippen LogP contribution is -2.27. The van der Waals surface area contributed by atoms with Crippen molar-refractivity contribution in [2.45, 2.75) is 13.0 Å². The number of carbonyl (C=O) groups excluding carboxylic acids is 1. The van der Waals surface area contributed by atoms with Crippen molar-refractivity contribution in [3.63, 3.8) is 0 Å². The van der Waals surface area contributed by atoms with Gasteiger partial charge in [0.15, 0.2) is 0 Å². The van der Waals surface area contributed by atoms with E-state index in [2.05, 4.69) is 5.32 Å². The maximum absolute atomic E-state index is 13.8. The highest BCUT2D eigenvalue weighted by atomic mass is 35.5. The summed E-state index contributed by atoms with van der Waals surface area (Å²) < 4.78 is 13.8. The van der Waals surface area contributed by atoms with E-state index >= 15 is 0 Å². The van der Waals surface area contributed by atoms with Crippen LogP contribution in [0.1, 0.15) is 28.9 Å². The summed E-state index contributed by atoms with van der Waals surface area (Å²) in [6.45, 7) is 1.85. The molecule has 2 nitrogen and oxygen atoms in total. The van der Waals surface area contributed by atoms with Gasteiger partial charge in [0.1, 0.15) is 5.82 Å². The molecule has 0 aliphatic rings. The van der Waals surface area contributed by atoms with Gasteiger partial charge in [0.05, 0.1) is 16.6 Å². The van der Waals surface area contributed by atoms with Crippen molar-refractivity contribution in [1.29, 1.82) is 0 Å². The summed E-state index contributed by atoms with van der Waals surface area (Å²) >= 11 is 5.94. The van der Waals surface area contributed by atoms with E-state index in [1.54, 1.807) is 0 Å². The molecule has 0 heterocycles. The van der Waals surface area contributed by atoms with Gasteiger partial charge < -0.3 is 5.32 Å². The standard InChI is InChI=1S/C21H17ClFNO/c1-14(24-21(25)20-18(22)8-5-9-19(20)23)15-10-12-17(13-11-15)16-6-3-2-4-7-16/h2-14H,1H3,(H,24,25). The van der Waals surface area contributed by atoms with Crippen molar-refractivity contribution in [1.82, 2.24) is 5.32 Å². The van der Waals surface area contributed by atoms with Gasteiger partial charge in [0, 0.05) is 0 Å². The van der Waals surface area contributed by atoms with E-state index in [1.807, 2.05) is 61.5 Å². The van der Waals surface area contributed by atoms with Gasteiger partial charge in [-0.2, -0.15) is 0 Å². The Kier molecular flexibility index (Phi) is 5.15. The number of halogens is 2. The second-order valence-electron chi connectivity index (χ2n) is 5.78. The molecule has 4 heteroatoms. The number of hydrogen-bond donors (Lipinski definition) is 1. The molecule has 3 rings (SSSR count). The zero-order valence-electron chi connectivity index (χ0n) is 13.7. The van der Waals surface area contributed by atoms with Crippen LogP contribution in [0.2, 0.25) is 5.02 Å². The van der Waals surface area contributed by atoms with Gasteiger partial charge in [-0.05, 0) is 35.7 Å². The highest BCUT2D eigenvalue weighted by molar-refractivity contribution is 6.33. The van der Waals surface area contributed by atoms with Crippen LogP contribution in [-0.4, -0.2) is 5.91 Å². The average molecular weight is 354 g/mol. The molecule has 1 amide bonds. The highest BCUT2D eigenvalue weighted by Gasteiger charge is 2.18. The quantitative estimate of drug-likeness (QED) is 0.646. The normalized spacial score (nSPS) is 11.8. The van der Waals surface area contributed by atoms with Gasteiger partial charge in [-0.15, -0.1) is 0 Å². The van der Waals surface area contributed by atoms with E-state index in [-0.39, 0.29) is 16.6 Å². The summed E-state index contributed by atoms with van der Waals surface area (Å²) in [5.74, 6) is -1.15. The molecule has 0 fully saturated rings. The fraction of sp³-hybridized carbons (Fsp3) is 0.0952. The van der Waals surface area contributed by atoms with Gasteiger partial charge in [-0.3, -0.25) is 4.79 Å². The van der Waals surface area contributed by atoms with Crippen molar-refractivity contribution < 1.29 is 9.18 Å². The van der Waals surface area contributed by atoms with E-state index < -0.39 is 11.7 Å². The lowest BCUT2D eigenvalue weighted by molar-refractivity contribution is 0.0936. The molecule has 25 heavy (non-hydrogen) atoms. The minimum absolute atomic E-state index is 0.101. The second-order valence-corrected chi connectivity index (χ2v) is 6.19. The van der Waals surface area contributed by atoms with Crippen LogP contribution in [0.25, 0.3) is 11.1 Å². The molecular weight excluding hydrogens is 337 g/mol. The molecule has 3 aromatic rings. The Morgan fingerprint density at radius 1 is 0.920 bits per heavy atom. The van der Waals surface area contributed by atoms with Crippen LogP contribution in [0.4, 0.5) is 4.39 Å². The first-order chi connectivity index (χ1) is 12.1. The van der Waals surface area contributed by atoms with Crippen molar-refractivity contribution in [3.8, 4) is 11.1 Å². The van der Waals surface area contributed by atoms with Crippen LogP contribution in [-0.2, 0) is 0 Å². The first-order valence-corrected chi connectivity index (χ1v) is 8.34. The van der Waals surface area contributed by atoms with Crippen molar-refractivity contribution in [2.24, 2.45) is 0 Å². The van der Waals surface area contributed by atoms with Crippen molar-refractivity contribution >= 4 is 17.5 Å². The van der Waals surface area contributed by atoms with E-state index in [0.29, 0.717) is 0 Å². The zero-order valence-corrected chi connectivity index (χ0v) is 14.4. The van der Waals surface area contributed by atoms with E-state index in [0.717, 1.165) is 16.7 Å². The van der Waals surface area contributed by atoms with Gasteiger partial charge in [0.2, 0.25) is 0 Å². The van der Waals surface area contributed by atoms with Crippen molar-refractivity contribution in [3.05, 3.63) is 94.8 Å². The lowest BCUT2D eigenvalue weighted by Gasteiger charge is -2.16. The number of benzene rings is 3. The molecule has 0 saturated heterocycles. The molecular formula is C21H17ClFNO. The Bertz CT molecular complexity index is 858. The first kappa shape index (κ1) is 17.2. The first-order valence-electron chi connectivity index (χ1n) is 7.96. The van der Waals surface area contributed by atoms with E-state index in [1.165, 1.54) is 18.2 Å². The minimum atomic E-state index is -0.628. The van der Waals surface area contributed by atoms with Gasteiger partial charge in [-0.25, -0.2) is 4.39 Å². The Morgan fingerprint density at radius 2 is 1.56 bits per heavy atom. The van der Waals surface area contributed by atoms with Crippen LogP contribution in [0.3, 0.4) is 0 Å². The Morgan fingerprint density at radius 3 is 2.20 bits per heavy atom. The third-order valence-corrected chi connectivity index (χ3v) is 4.37. The zero-order chi connectivity index (χ0) is 17.8. The summed E-state index contributed by atoms with van der Waals surface area (Å²) in [6.07, 6.45) is 0.